The highest BCUT2D eigenvalue weighted by atomic mass is 16.5. The topological polar surface area (TPSA) is 52.6 Å². The zero-order chi connectivity index (χ0) is 15.1. The van der Waals surface area contributed by atoms with E-state index in [1.165, 1.54) is 0 Å². The molecule has 2 heterocycles. The summed E-state index contributed by atoms with van der Waals surface area (Å²) in [7, 11) is 0. The number of benzene rings is 2. The molecule has 4 nitrogen and oxygen atoms in total. The summed E-state index contributed by atoms with van der Waals surface area (Å²) in [6.45, 7) is 0. The molecule has 4 heteroatoms. The Morgan fingerprint density at radius 3 is 1.36 bits per heavy atom. The summed E-state index contributed by atoms with van der Waals surface area (Å²) in [4.78, 5) is 23.5. The summed E-state index contributed by atoms with van der Waals surface area (Å²) in [6.07, 6.45) is 3.29. The minimum absolute atomic E-state index is 0.371. The smallest absolute Gasteiger partial charge is 0.344 e. The van der Waals surface area contributed by atoms with Crippen molar-refractivity contribution < 1.29 is 19.1 Å². The van der Waals surface area contributed by atoms with Crippen LogP contribution in [0.15, 0.2) is 60.7 Å². The van der Waals surface area contributed by atoms with Gasteiger partial charge in [0.25, 0.3) is 0 Å². The molecule has 22 heavy (non-hydrogen) atoms. The fraction of sp³-hybridized carbons (Fsp3) is 0. The van der Waals surface area contributed by atoms with Crippen molar-refractivity contribution in [1.29, 1.82) is 0 Å². The van der Waals surface area contributed by atoms with Gasteiger partial charge in [0.1, 0.15) is 11.5 Å². The van der Waals surface area contributed by atoms with Crippen molar-refractivity contribution in [3.63, 3.8) is 0 Å². The molecule has 0 fully saturated rings. The Morgan fingerprint density at radius 1 is 0.591 bits per heavy atom. The van der Waals surface area contributed by atoms with Crippen molar-refractivity contribution in [2.75, 3.05) is 0 Å². The average molecular weight is 290 g/mol. The largest absolute Gasteiger partial charge is 0.422 e. The Labute approximate surface area is 126 Å². The van der Waals surface area contributed by atoms with E-state index < -0.39 is 0 Å². The van der Waals surface area contributed by atoms with Gasteiger partial charge in [-0.25, -0.2) is 9.59 Å². The quantitative estimate of drug-likeness (QED) is 0.755. The van der Waals surface area contributed by atoms with Crippen molar-refractivity contribution in [1.82, 2.24) is 0 Å². The first-order chi connectivity index (χ1) is 10.7. The lowest BCUT2D eigenvalue weighted by Crippen LogP contribution is -1.92. The van der Waals surface area contributed by atoms with Gasteiger partial charge in [0.15, 0.2) is 0 Å². The summed E-state index contributed by atoms with van der Waals surface area (Å²) in [6, 6.07) is 14.3. The fourth-order valence-electron chi connectivity index (χ4n) is 2.57. The summed E-state index contributed by atoms with van der Waals surface area (Å²) in [5.74, 6) is 0.162. The van der Waals surface area contributed by atoms with Gasteiger partial charge >= 0.3 is 11.9 Å². The van der Waals surface area contributed by atoms with Crippen LogP contribution in [0.5, 0.6) is 0 Å². The summed E-state index contributed by atoms with van der Waals surface area (Å²) < 4.78 is 10.5. The molecule has 0 saturated carbocycles. The van der Waals surface area contributed by atoms with Gasteiger partial charge < -0.3 is 9.47 Å². The maximum absolute atomic E-state index is 11.8. The molecule has 0 aliphatic carbocycles. The Hall–Kier alpha value is -3.14. The number of carbonyl (C=O) groups is 2. The highest BCUT2D eigenvalue weighted by Crippen LogP contribution is 2.32. The van der Waals surface area contributed by atoms with Crippen molar-refractivity contribution >= 4 is 23.5 Å². The molecule has 0 aromatic heterocycles. The summed E-state index contributed by atoms with van der Waals surface area (Å²) in [5, 5.41) is 0. The molecule has 0 bridgehead atoms. The first-order valence-corrected chi connectivity index (χ1v) is 6.79. The maximum atomic E-state index is 11.8. The molecule has 2 aliphatic rings. The maximum Gasteiger partial charge on any atom is 0.344 e. The SMILES string of the molecule is O=C1O/C(=C\C=C2\OC(=O)c3ccccc32)c2ccccc21. The van der Waals surface area contributed by atoms with Crippen LogP contribution in [0.3, 0.4) is 0 Å². The van der Waals surface area contributed by atoms with Crippen molar-refractivity contribution in [3.8, 4) is 0 Å². The molecular weight excluding hydrogens is 280 g/mol. The van der Waals surface area contributed by atoms with E-state index in [2.05, 4.69) is 0 Å². The zero-order valence-corrected chi connectivity index (χ0v) is 11.4. The number of hydrogen-bond donors (Lipinski definition) is 0. The van der Waals surface area contributed by atoms with E-state index >= 15 is 0 Å². The minimum Gasteiger partial charge on any atom is -0.422 e. The molecule has 2 aromatic carbocycles. The number of cyclic esters (lactones) is 2. The van der Waals surface area contributed by atoms with Crippen LogP contribution in [-0.2, 0) is 9.47 Å². The van der Waals surface area contributed by atoms with Gasteiger partial charge in [-0.05, 0) is 24.3 Å². The number of allylic oxidation sites excluding steroid dienone is 2. The Morgan fingerprint density at radius 2 is 0.955 bits per heavy atom. The Balaban J connectivity index is 1.75. The predicted molar refractivity (Wildman–Crippen MR) is 79.7 cm³/mol. The highest BCUT2D eigenvalue weighted by molar-refractivity contribution is 6.04. The van der Waals surface area contributed by atoms with E-state index in [1.807, 2.05) is 24.3 Å². The van der Waals surface area contributed by atoms with Crippen LogP contribution >= 0.6 is 0 Å². The Kier molecular flexibility index (Phi) is 2.69. The van der Waals surface area contributed by atoms with Crippen LogP contribution in [-0.4, -0.2) is 11.9 Å². The molecule has 2 aromatic rings. The molecule has 4 rings (SSSR count). The van der Waals surface area contributed by atoms with Crippen LogP contribution in [0, 0.1) is 0 Å². The lowest BCUT2D eigenvalue weighted by atomic mass is 10.1. The van der Waals surface area contributed by atoms with E-state index in [-0.39, 0.29) is 11.9 Å². The van der Waals surface area contributed by atoms with Crippen LogP contribution in [0.25, 0.3) is 11.5 Å². The molecule has 2 aliphatic heterocycles. The normalized spacial score (nSPS) is 19.1. The number of carbonyl (C=O) groups excluding carboxylic acids is 2. The van der Waals surface area contributed by atoms with Gasteiger partial charge in [0.2, 0.25) is 0 Å². The number of esters is 2. The van der Waals surface area contributed by atoms with E-state index in [0.29, 0.717) is 22.6 Å². The van der Waals surface area contributed by atoms with Crippen LogP contribution in [0.2, 0.25) is 0 Å². The second-order valence-electron chi connectivity index (χ2n) is 4.93. The van der Waals surface area contributed by atoms with Crippen molar-refractivity contribution in [3.05, 3.63) is 82.9 Å². The third-order valence-electron chi connectivity index (χ3n) is 3.62. The molecule has 0 atom stereocenters. The molecule has 0 saturated heterocycles. The number of rotatable bonds is 1. The van der Waals surface area contributed by atoms with Gasteiger partial charge in [-0.3, -0.25) is 0 Å². The number of ether oxygens (including phenoxy) is 2. The standard InChI is InChI=1S/C18H10O4/c19-17-13-7-3-1-5-11(13)15(21-17)9-10-16-12-6-2-4-8-14(12)18(20)22-16/h1-10H/b15-9-,16-10+. The molecule has 0 radical (unpaired) electrons. The molecule has 0 unspecified atom stereocenters. The third-order valence-corrected chi connectivity index (χ3v) is 3.62. The van der Waals surface area contributed by atoms with Gasteiger partial charge in [0, 0.05) is 11.1 Å². The van der Waals surface area contributed by atoms with Crippen molar-refractivity contribution in [2.24, 2.45) is 0 Å². The lowest BCUT2D eigenvalue weighted by molar-refractivity contribution is 0.0704. The second kappa shape index (κ2) is 4.70. The van der Waals surface area contributed by atoms with E-state index in [4.69, 9.17) is 9.47 Å². The van der Waals surface area contributed by atoms with Gasteiger partial charge in [0.05, 0.1) is 11.1 Å². The first-order valence-electron chi connectivity index (χ1n) is 6.79. The van der Waals surface area contributed by atoms with E-state index in [0.717, 1.165) is 11.1 Å². The summed E-state index contributed by atoms with van der Waals surface area (Å²) in [5.41, 5.74) is 2.55. The monoisotopic (exact) mass is 290 g/mol. The molecule has 0 N–H and O–H groups in total. The predicted octanol–water partition coefficient (Wildman–Crippen LogP) is 3.41. The molecule has 0 amide bonds. The first kappa shape index (κ1) is 12.6. The lowest BCUT2D eigenvalue weighted by Gasteiger charge is -1.98. The number of fused-ring (bicyclic) bond motifs is 2. The van der Waals surface area contributed by atoms with E-state index in [1.54, 1.807) is 36.4 Å². The van der Waals surface area contributed by atoms with Gasteiger partial charge in [-0.1, -0.05) is 36.4 Å². The fourth-order valence-corrected chi connectivity index (χ4v) is 2.57. The summed E-state index contributed by atoms with van der Waals surface area (Å²) >= 11 is 0. The second-order valence-corrected chi connectivity index (χ2v) is 4.93. The zero-order valence-electron chi connectivity index (χ0n) is 11.4. The van der Waals surface area contributed by atoms with Crippen LogP contribution in [0.4, 0.5) is 0 Å². The molecule has 106 valence electrons. The van der Waals surface area contributed by atoms with Gasteiger partial charge in [-0.15, -0.1) is 0 Å². The molecule has 0 spiro atoms. The van der Waals surface area contributed by atoms with E-state index in [9.17, 15) is 9.59 Å². The Bertz CT molecular complexity index is 801. The van der Waals surface area contributed by atoms with Crippen LogP contribution < -0.4 is 0 Å². The average Bonchev–Trinajstić information content (AvgIpc) is 3.04. The minimum atomic E-state index is -0.371. The van der Waals surface area contributed by atoms with Crippen molar-refractivity contribution in [2.45, 2.75) is 0 Å². The van der Waals surface area contributed by atoms with Gasteiger partial charge in [-0.2, -0.15) is 0 Å². The third kappa shape index (κ3) is 1.85. The van der Waals surface area contributed by atoms with Crippen LogP contribution in [0.1, 0.15) is 31.8 Å². The molecular formula is C18H10O4. The number of hydrogen-bond acceptors (Lipinski definition) is 4. The highest BCUT2D eigenvalue weighted by Gasteiger charge is 2.27.